The molecule has 0 radical (unpaired) electrons. The number of nitrogens with zero attached hydrogens (tertiary/aromatic N) is 4. The normalized spacial score (nSPS) is 16.0. The van der Waals surface area contributed by atoms with E-state index in [0.29, 0.717) is 34.4 Å². The maximum atomic E-state index is 6.32. The predicted molar refractivity (Wildman–Crippen MR) is 119 cm³/mol. The number of nitrogen functional groups attached to an aromatic ring is 1. The van der Waals surface area contributed by atoms with E-state index >= 15 is 0 Å². The molecule has 0 spiro atoms. The zero-order valence-electron chi connectivity index (χ0n) is 16.7. The molecule has 7 nitrogen and oxygen atoms in total. The number of ether oxygens (including phenoxy) is 1. The summed E-state index contributed by atoms with van der Waals surface area (Å²) < 4.78 is 11.0. The average molecular weight is 440 g/mol. The molecule has 4 aromatic rings. The number of anilines is 1. The Labute approximate surface area is 182 Å². The number of thioether (sulfide) groups is 1. The standard InChI is InChI=1S/C21H21N5O2S2/c1-11-3-8-14-15(9-11)30-20-17(14)18(22)23-16(24-20)10-29-21-26-25-19(28-21)12-4-6-13(27-2)7-5-12/h4-7,11H,3,8-10H2,1-2H3,(H2,22,23,24). The van der Waals surface area contributed by atoms with Crippen LogP contribution in [0.2, 0.25) is 0 Å². The first-order valence-corrected chi connectivity index (χ1v) is 11.6. The highest BCUT2D eigenvalue weighted by Crippen LogP contribution is 2.39. The van der Waals surface area contributed by atoms with E-state index in [1.807, 2.05) is 24.3 Å². The lowest BCUT2D eigenvalue weighted by molar-refractivity contribution is 0.414. The minimum Gasteiger partial charge on any atom is -0.497 e. The Bertz CT molecular complexity index is 1200. The summed E-state index contributed by atoms with van der Waals surface area (Å²) in [6.45, 7) is 2.30. The monoisotopic (exact) mass is 439 g/mol. The fraction of sp³-hybridized carbons (Fsp3) is 0.333. The quantitative estimate of drug-likeness (QED) is 0.445. The summed E-state index contributed by atoms with van der Waals surface area (Å²) in [6, 6.07) is 7.50. The largest absolute Gasteiger partial charge is 0.497 e. The van der Waals surface area contributed by atoms with Crippen molar-refractivity contribution in [3.8, 4) is 17.2 Å². The minimum absolute atomic E-state index is 0.469. The summed E-state index contributed by atoms with van der Waals surface area (Å²) in [5.74, 6) is 3.74. The van der Waals surface area contributed by atoms with Crippen LogP contribution in [0.4, 0.5) is 5.82 Å². The summed E-state index contributed by atoms with van der Waals surface area (Å²) in [6.07, 6.45) is 3.37. The number of fused-ring (bicyclic) bond motifs is 3. The molecule has 3 aromatic heterocycles. The number of aromatic nitrogens is 4. The van der Waals surface area contributed by atoms with E-state index in [-0.39, 0.29) is 0 Å². The smallest absolute Gasteiger partial charge is 0.277 e. The van der Waals surface area contributed by atoms with Gasteiger partial charge in [0.1, 0.15) is 22.2 Å². The number of hydrogen-bond acceptors (Lipinski definition) is 9. The first-order chi connectivity index (χ1) is 14.6. The molecule has 0 fully saturated rings. The SMILES string of the molecule is COc1ccc(-c2nnc(SCc3nc(N)c4c5c(sc4n3)CC(C)CC5)o2)cc1. The summed E-state index contributed by atoms with van der Waals surface area (Å²) in [7, 11) is 1.63. The highest BCUT2D eigenvalue weighted by atomic mass is 32.2. The van der Waals surface area contributed by atoms with Gasteiger partial charge in [0.15, 0.2) is 0 Å². The van der Waals surface area contributed by atoms with E-state index in [1.165, 1.54) is 28.6 Å². The summed E-state index contributed by atoms with van der Waals surface area (Å²) in [5.41, 5.74) is 8.51. The third-order valence-corrected chi connectivity index (χ3v) is 7.26. The molecule has 1 unspecified atom stereocenters. The van der Waals surface area contributed by atoms with Crippen molar-refractivity contribution in [2.45, 2.75) is 37.2 Å². The molecule has 5 rings (SSSR count). The lowest BCUT2D eigenvalue weighted by Gasteiger charge is -2.17. The Morgan fingerprint density at radius 3 is 2.87 bits per heavy atom. The van der Waals surface area contributed by atoms with Crippen LogP contribution in [0.1, 0.15) is 29.6 Å². The number of methoxy groups -OCH3 is 1. The molecule has 0 bridgehead atoms. The van der Waals surface area contributed by atoms with Crippen LogP contribution in [0.25, 0.3) is 21.7 Å². The minimum atomic E-state index is 0.469. The van der Waals surface area contributed by atoms with E-state index in [9.17, 15) is 0 Å². The van der Waals surface area contributed by atoms with Crippen molar-refractivity contribution in [1.82, 2.24) is 20.2 Å². The zero-order valence-corrected chi connectivity index (χ0v) is 18.3. The molecule has 0 saturated heterocycles. The molecule has 0 aliphatic heterocycles. The molecule has 1 aromatic carbocycles. The van der Waals surface area contributed by atoms with Crippen LogP contribution in [0, 0.1) is 5.92 Å². The Morgan fingerprint density at radius 1 is 1.23 bits per heavy atom. The molecule has 1 atom stereocenters. The fourth-order valence-corrected chi connectivity index (χ4v) is 5.75. The molecule has 3 heterocycles. The second-order valence-corrected chi connectivity index (χ2v) is 9.46. The molecule has 0 saturated carbocycles. The van der Waals surface area contributed by atoms with Crippen molar-refractivity contribution in [3.05, 3.63) is 40.5 Å². The third-order valence-electron chi connectivity index (χ3n) is 5.30. The second kappa shape index (κ2) is 7.88. The van der Waals surface area contributed by atoms with Gasteiger partial charge in [0, 0.05) is 10.4 Å². The van der Waals surface area contributed by atoms with Crippen LogP contribution in [0.5, 0.6) is 5.75 Å². The Morgan fingerprint density at radius 2 is 2.07 bits per heavy atom. The van der Waals surface area contributed by atoms with Gasteiger partial charge >= 0.3 is 0 Å². The van der Waals surface area contributed by atoms with Gasteiger partial charge in [0.05, 0.1) is 18.2 Å². The number of thiophene rings is 1. The highest BCUT2D eigenvalue weighted by molar-refractivity contribution is 7.98. The van der Waals surface area contributed by atoms with Crippen molar-refractivity contribution in [1.29, 1.82) is 0 Å². The highest BCUT2D eigenvalue weighted by Gasteiger charge is 2.23. The molecule has 30 heavy (non-hydrogen) atoms. The van der Waals surface area contributed by atoms with Crippen LogP contribution in [0.3, 0.4) is 0 Å². The number of rotatable bonds is 5. The van der Waals surface area contributed by atoms with Crippen LogP contribution < -0.4 is 10.5 Å². The van der Waals surface area contributed by atoms with Gasteiger partial charge in [0.25, 0.3) is 5.22 Å². The van der Waals surface area contributed by atoms with E-state index in [0.717, 1.165) is 34.4 Å². The van der Waals surface area contributed by atoms with Gasteiger partial charge in [-0.05, 0) is 55.0 Å². The van der Waals surface area contributed by atoms with E-state index in [4.69, 9.17) is 19.9 Å². The number of benzene rings is 1. The second-order valence-electron chi connectivity index (χ2n) is 7.45. The number of hydrogen-bond donors (Lipinski definition) is 1. The first kappa shape index (κ1) is 19.3. The third kappa shape index (κ3) is 3.63. The molecule has 9 heteroatoms. The molecule has 1 aliphatic carbocycles. The average Bonchev–Trinajstić information content (AvgIpc) is 3.36. The van der Waals surface area contributed by atoms with Gasteiger partial charge in [-0.15, -0.1) is 21.5 Å². The molecular formula is C21H21N5O2S2. The number of nitrogens with two attached hydrogens (primary N) is 1. The molecule has 1 aliphatic rings. The molecule has 0 amide bonds. The van der Waals surface area contributed by atoms with Crippen LogP contribution in [-0.4, -0.2) is 27.3 Å². The van der Waals surface area contributed by atoms with Crippen molar-refractivity contribution in [2.75, 3.05) is 12.8 Å². The fourth-order valence-electron chi connectivity index (χ4n) is 3.73. The Balaban J connectivity index is 1.33. The Hall–Kier alpha value is -2.65. The zero-order chi connectivity index (χ0) is 20.7. The lowest BCUT2D eigenvalue weighted by atomic mass is 9.89. The van der Waals surface area contributed by atoms with Crippen LogP contribution >= 0.6 is 23.1 Å². The van der Waals surface area contributed by atoms with E-state index < -0.39 is 0 Å². The summed E-state index contributed by atoms with van der Waals surface area (Å²) in [5, 5.41) is 9.78. The van der Waals surface area contributed by atoms with Crippen LogP contribution in [-0.2, 0) is 18.6 Å². The van der Waals surface area contributed by atoms with E-state index in [2.05, 4.69) is 22.1 Å². The van der Waals surface area contributed by atoms with Gasteiger partial charge in [-0.2, -0.15) is 0 Å². The van der Waals surface area contributed by atoms with Gasteiger partial charge in [-0.25, -0.2) is 9.97 Å². The van der Waals surface area contributed by atoms with Gasteiger partial charge < -0.3 is 14.9 Å². The van der Waals surface area contributed by atoms with E-state index in [1.54, 1.807) is 18.4 Å². The van der Waals surface area contributed by atoms with Gasteiger partial charge in [0.2, 0.25) is 5.89 Å². The number of aryl methyl sites for hydroxylation is 1. The van der Waals surface area contributed by atoms with Crippen molar-refractivity contribution >= 4 is 39.1 Å². The van der Waals surface area contributed by atoms with Crippen LogP contribution in [0.15, 0.2) is 33.9 Å². The first-order valence-electron chi connectivity index (χ1n) is 9.78. The lowest BCUT2D eigenvalue weighted by Crippen LogP contribution is -2.09. The van der Waals surface area contributed by atoms with Crippen molar-refractivity contribution in [3.63, 3.8) is 0 Å². The molecule has 2 N–H and O–H groups in total. The summed E-state index contributed by atoms with van der Waals surface area (Å²) >= 11 is 3.16. The predicted octanol–water partition coefficient (Wildman–Crippen LogP) is 4.75. The van der Waals surface area contributed by atoms with Crippen molar-refractivity contribution < 1.29 is 9.15 Å². The summed E-state index contributed by atoms with van der Waals surface area (Å²) in [4.78, 5) is 11.7. The van der Waals surface area contributed by atoms with Gasteiger partial charge in [-0.1, -0.05) is 18.7 Å². The molecule has 154 valence electrons. The van der Waals surface area contributed by atoms with Gasteiger partial charge in [-0.3, -0.25) is 0 Å². The maximum absolute atomic E-state index is 6.32. The molecular weight excluding hydrogens is 418 g/mol. The maximum Gasteiger partial charge on any atom is 0.277 e. The Kier molecular flexibility index (Phi) is 5.08. The van der Waals surface area contributed by atoms with Crippen molar-refractivity contribution in [2.24, 2.45) is 5.92 Å². The topological polar surface area (TPSA) is 100.0 Å².